The molecule has 0 spiro atoms. The highest BCUT2D eigenvalue weighted by molar-refractivity contribution is 7.86. The average molecular weight is 559 g/mol. The summed E-state index contributed by atoms with van der Waals surface area (Å²) in [5.74, 6) is 0.558. The van der Waals surface area contributed by atoms with Crippen LogP contribution in [0.25, 0.3) is 0 Å². The lowest BCUT2D eigenvalue weighted by Gasteiger charge is -2.29. The van der Waals surface area contributed by atoms with Gasteiger partial charge in [-0.05, 0) is 56.0 Å². The summed E-state index contributed by atoms with van der Waals surface area (Å²) in [6.45, 7) is 7.76. The van der Waals surface area contributed by atoms with Crippen LogP contribution >= 0.6 is 0 Å². The molecule has 0 aliphatic carbocycles. The number of nitrogens with zero attached hydrogens (tertiary/aromatic N) is 2. The van der Waals surface area contributed by atoms with Gasteiger partial charge in [0.15, 0.2) is 5.79 Å². The molecule has 0 amide bonds. The number of rotatable bonds is 15. The average Bonchev–Trinajstić information content (AvgIpc) is 3.59. The highest BCUT2D eigenvalue weighted by Gasteiger charge is 2.42. The summed E-state index contributed by atoms with van der Waals surface area (Å²) < 4.78 is 57.0. The summed E-state index contributed by atoms with van der Waals surface area (Å²) in [7, 11) is -3.91. The lowest BCUT2D eigenvalue weighted by atomic mass is 10.0. The van der Waals surface area contributed by atoms with E-state index in [-0.39, 0.29) is 18.1 Å². The van der Waals surface area contributed by atoms with E-state index >= 15 is 0 Å². The fourth-order valence-electron chi connectivity index (χ4n) is 4.30. The zero-order valence-electron chi connectivity index (χ0n) is 22.9. The number of imidazole rings is 1. The predicted octanol–water partition coefficient (Wildman–Crippen LogP) is 4.92. The van der Waals surface area contributed by atoms with E-state index in [1.165, 1.54) is 12.1 Å². The van der Waals surface area contributed by atoms with Crippen molar-refractivity contribution >= 4 is 10.1 Å². The Morgan fingerprint density at radius 3 is 2.36 bits per heavy atom. The Balaban J connectivity index is 1.45. The highest BCUT2D eigenvalue weighted by atomic mass is 32.2. The third-order valence-electron chi connectivity index (χ3n) is 6.30. The van der Waals surface area contributed by atoms with Crippen LogP contribution in [0.3, 0.4) is 0 Å². The minimum absolute atomic E-state index is 0.114. The molecule has 0 unspecified atom stereocenters. The topological polar surface area (TPSA) is 98.1 Å². The molecule has 39 heavy (non-hydrogen) atoms. The normalized spacial score (nSPS) is 19.3. The van der Waals surface area contributed by atoms with Crippen molar-refractivity contribution in [3.8, 4) is 11.5 Å². The molecule has 3 aromatic rings. The number of aromatic nitrogens is 2. The maximum atomic E-state index is 12.7. The minimum atomic E-state index is -3.91. The summed E-state index contributed by atoms with van der Waals surface area (Å²) in [5, 5.41) is 0. The molecule has 212 valence electrons. The molecule has 2 heterocycles. The monoisotopic (exact) mass is 558 g/mol. The van der Waals surface area contributed by atoms with Crippen LogP contribution in [0.4, 0.5) is 0 Å². The molecule has 9 nitrogen and oxygen atoms in total. The Bertz CT molecular complexity index is 1250. The number of aryl methyl sites for hydroxylation is 2. The molecule has 0 bridgehead atoms. The molecule has 2 aromatic carbocycles. The molecule has 0 radical (unpaired) electrons. The first kappa shape index (κ1) is 29.1. The van der Waals surface area contributed by atoms with Crippen LogP contribution in [-0.4, -0.2) is 56.3 Å². The molecule has 4 rings (SSSR count). The van der Waals surface area contributed by atoms with Gasteiger partial charge in [-0.1, -0.05) is 31.5 Å². The Morgan fingerprint density at radius 2 is 1.74 bits per heavy atom. The van der Waals surface area contributed by atoms with Gasteiger partial charge >= 0.3 is 0 Å². The number of hydrogen-bond donors (Lipinski definition) is 0. The molecule has 0 N–H and O–H groups in total. The van der Waals surface area contributed by atoms with Crippen molar-refractivity contribution < 1.29 is 31.5 Å². The van der Waals surface area contributed by atoms with E-state index in [0.29, 0.717) is 32.6 Å². The lowest BCUT2D eigenvalue weighted by molar-refractivity contribution is -0.184. The van der Waals surface area contributed by atoms with Crippen molar-refractivity contribution in [3.63, 3.8) is 0 Å². The van der Waals surface area contributed by atoms with Crippen molar-refractivity contribution in [1.82, 2.24) is 9.55 Å². The zero-order chi connectivity index (χ0) is 27.7. The fourth-order valence-corrected chi connectivity index (χ4v) is 5.24. The summed E-state index contributed by atoms with van der Waals surface area (Å²) in [6, 6.07) is 12.5. The molecule has 10 heteroatoms. The number of benzene rings is 2. The minimum Gasteiger partial charge on any atom is -0.493 e. The van der Waals surface area contributed by atoms with Gasteiger partial charge in [0.05, 0.1) is 44.2 Å². The molecule has 1 saturated heterocycles. The van der Waals surface area contributed by atoms with Crippen molar-refractivity contribution in [2.24, 2.45) is 0 Å². The second-order valence-electron chi connectivity index (χ2n) is 9.76. The first-order valence-electron chi connectivity index (χ1n) is 13.4. The van der Waals surface area contributed by atoms with Gasteiger partial charge in [0.2, 0.25) is 0 Å². The SMILES string of the molecule is CCCOc1cc(CC[C@]2(Cn3ccnc3)OC[C@H](COS(=O)(=O)c3ccc(C)cc3)O2)cc(OCCC)c1. The molecule has 1 fully saturated rings. The first-order valence-corrected chi connectivity index (χ1v) is 14.8. The zero-order valence-corrected chi connectivity index (χ0v) is 23.7. The summed E-state index contributed by atoms with van der Waals surface area (Å²) >= 11 is 0. The van der Waals surface area contributed by atoms with Crippen LogP contribution in [-0.2, 0) is 36.7 Å². The summed E-state index contributed by atoms with van der Waals surface area (Å²) in [4.78, 5) is 4.25. The fraction of sp³-hybridized carbons (Fsp3) is 0.483. The Morgan fingerprint density at radius 1 is 1.05 bits per heavy atom. The molecule has 1 aliphatic rings. The third kappa shape index (κ3) is 8.28. The van der Waals surface area contributed by atoms with Crippen molar-refractivity contribution in [2.75, 3.05) is 26.4 Å². The Hall–Kier alpha value is -2.92. The maximum absolute atomic E-state index is 12.7. The van der Waals surface area contributed by atoms with Gasteiger partial charge in [0.1, 0.15) is 17.6 Å². The smallest absolute Gasteiger partial charge is 0.297 e. The van der Waals surface area contributed by atoms with E-state index in [2.05, 4.69) is 18.8 Å². The van der Waals surface area contributed by atoms with Crippen LogP contribution < -0.4 is 9.47 Å². The molecule has 0 saturated carbocycles. The van der Waals surface area contributed by atoms with Gasteiger partial charge in [-0.3, -0.25) is 4.18 Å². The Labute approximate surface area is 231 Å². The van der Waals surface area contributed by atoms with Crippen molar-refractivity contribution in [2.45, 2.75) is 69.8 Å². The maximum Gasteiger partial charge on any atom is 0.297 e. The van der Waals surface area contributed by atoms with Crippen LogP contribution in [0.15, 0.2) is 66.1 Å². The molecular formula is C29H38N2O7S. The van der Waals surface area contributed by atoms with E-state index in [4.69, 9.17) is 23.1 Å². The molecular weight excluding hydrogens is 520 g/mol. The molecule has 1 aliphatic heterocycles. The Kier molecular flexibility index (Phi) is 10.0. The van der Waals surface area contributed by atoms with Crippen LogP contribution in [0.5, 0.6) is 11.5 Å². The highest BCUT2D eigenvalue weighted by Crippen LogP contribution is 2.33. The van der Waals surface area contributed by atoms with E-state index in [1.54, 1.807) is 24.7 Å². The number of ether oxygens (including phenoxy) is 4. The van der Waals surface area contributed by atoms with Gasteiger partial charge in [0.25, 0.3) is 10.1 Å². The first-order chi connectivity index (χ1) is 18.8. The lowest BCUT2D eigenvalue weighted by Crippen LogP contribution is -2.37. The van der Waals surface area contributed by atoms with Crippen molar-refractivity contribution in [3.05, 3.63) is 72.3 Å². The van der Waals surface area contributed by atoms with E-state index in [0.717, 1.165) is 35.5 Å². The van der Waals surface area contributed by atoms with E-state index in [1.807, 2.05) is 35.9 Å². The molecule has 2 atom stereocenters. The summed E-state index contributed by atoms with van der Waals surface area (Å²) in [6.07, 6.45) is 7.68. The quantitative estimate of drug-likeness (QED) is 0.243. The van der Waals surface area contributed by atoms with Gasteiger partial charge in [0, 0.05) is 24.9 Å². The van der Waals surface area contributed by atoms with E-state index in [9.17, 15) is 8.42 Å². The second-order valence-corrected chi connectivity index (χ2v) is 11.4. The van der Waals surface area contributed by atoms with E-state index < -0.39 is 22.0 Å². The van der Waals surface area contributed by atoms with Gasteiger partial charge < -0.3 is 23.5 Å². The largest absolute Gasteiger partial charge is 0.493 e. The molecule has 1 aromatic heterocycles. The van der Waals surface area contributed by atoms with Gasteiger partial charge in [-0.15, -0.1) is 0 Å². The summed E-state index contributed by atoms with van der Waals surface area (Å²) in [5.41, 5.74) is 2.01. The second kappa shape index (κ2) is 13.4. The number of hydrogen-bond acceptors (Lipinski definition) is 8. The van der Waals surface area contributed by atoms with Gasteiger partial charge in [-0.2, -0.15) is 8.42 Å². The van der Waals surface area contributed by atoms with Crippen molar-refractivity contribution in [1.29, 1.82) is 0 Å². The van der Waals surface area contributed by atoms with Crippen LogP contribution in [0.2, 0.25) is 0 Å². The predicted molar refractivity (Wildman–Crippen MR) is 146 cm³/mol. The van der Waals surface area contributed by atoms with Gasteiger partial charge in [-0.25, -0.2) is 4.98 Å². The van der Waals surface area contributed by atoms with Crippen LogP contribution in [0, 0.1) is 6.92 Å². The van der Waals surface area contributed by atoms with Crippen LogP contribution in [0.1, 0.15) is 44.2 Å². The third-order valence-corrected chi connectivity index (χ3v) is 7.59. The standard InChI is InChI=1S/C29H38N2O7S/c1-4-14-34-25-16-24(17-26(18-25)35-15-5-2)10-11-29(21-31-13-12-30-22-31)36-19-27(38-29)20-37-39(32,33)28-8-6-23(3)7-9-28/h6-9,12-13,16-18,22,27H,4-5,10-11,14-15,19-21H2,1-3H3/t27-,29+/m1/s1.